The second-order valence-corrected chi connectivity index (χ2v) is 5.71. The van der Waals surface area contributed by atoms with Crippen molar-refractivity contribution in [3.63, 3.8) is 0 Å². The smallest absolute Gasteiger partial charge is 0.123 e. The van der Waals surface area contributed by atoms with Gasteiger partial charge in [0.05, 0.1) is 6.61 Å². The van der Waals surface area contributed by atoms with Gasteiger partial charge in [0.2, 0.25) is 0 Å². The molecule has 17 heavy (non-hydrogen) atoms. The quantitative estimate of drug-likeness (QED) is 0.863. The maximum atomic E-state index is 5.75. The van der Waals surface area contributed by atoms with Crippen molar-refractivity contribution in [2.24, 2.45) is 5.92 Å². The van der Waals surface area contributed by atoms with Gasteiger partial charge >= 0.3 is 0 Å². The molecule has 2 aliphatic rings. The second kappa shape index (κ2) is 4.02. The number of benzene rings is 1. The highest BCUT2D eigenvalue weighted by atomic mass is 16.5. The fourth-order valence-electron chi connectivity index (χ4n) is 3.14. The Balaban J connectivity index is 1.78. The molecule has 0 radical (unpaired) electrons. The molecule has 1 aromatic carbocycles. The van der Waals surface area contributed by atoms with E-state index in [4.69, 9.17) is 4.74 Å². The third kappa shape index (κ3) is 1.85. The Hall–Kier alpha value is -1.02. The summed E-state index contributed by atoms with van der Waals surface area (Å²) in [7, 11) is 0. The first kappa shape index (κ1) is 11.1. The Labute approximate surface area is 103 Å². The SMILES string of the molecule is CC(C)NCC1CC12CCOc1ccccc12. The topological polar surface area (TPSA) is 21.3 Å². The van der Waals surface area contributed by atoms with Gasteiger partial charge in [-0.25, -0.2) is 0 Å². The molecule has 1 spiro atoms. The normalized spacial score (nSPS) is 30.2. The molecule has 0 bridgehead atoms. The van der Waals surface area contributed by atoms with Crippen molar-refractivity contribution in [3.05, 3.63) is 29.8 Å². The molecule has 1 saturated carbocycles. The van der Waals surface area contributed by atoms with Gasteiger partial charge in [-0.2, -0.15) is 0 Å². The van der Waals surface area contributed by atoms with Gasteiger partial charge in [-0.3, -0.25) is 0 Å². The monoisotopic (exact) mass is 231 g/mol. The molecule has 0 aromatic heterocycles. The summed E-state index contributed by atoms with van der Waals surface area (Å²) in [5.41, 5.74) is 1.87. The standard InChI is InChI=1S/C15H21NO/c1-11(2)16-10-12-9-15(12)7-8-17-14-6-4-3-5-13(14)15/h3-6,11-12,16H,7-10H2,1-2H3. The Morgan fingerprint density at radius 3 is 3.06 bits per heavy atom. The van der Waals surface area contributed by atoms with Crippen LogP contribution in [0, 0.1) is 5.92 Å². The molecule has 2 nitrogen and oxygen atoms in total. The highest BCUT2D eigenvalue weighted by molar-refractivity contribution is 5.46. The van der Waals surface area contributed by atoms with Crippen LogP contribution in [0.15, 0.2) is 24.3 Å². The van der Waals surface area contributed by atoms with Crippen LogP contribution in [0.3, 0.4) is 0 Å². The second-order valence-electron chi connectivity index (χ2n) is 5.71. The summed E-state index contributed by atoms with van der Waals surface area (Å²) in [6, 6.07) is 9.16. The van der Waals surface area contributed by atoms with E-state index in [-0.39, 0.29) is 0 Å². The minimum Gasteiger partial charge on any atom is -0.493 e. The van der Waals surface area contributed by atoms with E-state index in [0.717, 1.165) is 24.8 Å². The van der Waals surface area contributed by atoms with E-state index in [1.807, 2.05) is 0 Å². The molecular formula is C15H21NO. The van der Waals surface area contributed by atoms with Crippen molar-refractivity contribution < 1.29 is 4.74 Å². The molecule has 1 aliphatic carbocycles. The predicted octanol–water partition coefficient (Wildman–Crippen LogP) is 2.72. The molecule has 2 heteroatoms. The maximum Gasteiger partial charge on any atom is 0.123 e. The average molecular weight is 231 g/mol. The lowest BCUT2D eigenvalue weighted by Gasteiger charge is -2.27. The zero-order chi connectivity index (χ0) is 11.9. The van der Waals surface area contributed by atoms with Gasteiger partial charge in [-0.1, -0.05) is 32.0 Å². The molecule has 0 saturated heterocycles. The number of ether oxygens (including phenoxy) is 1. The van der Waals surface area contributed by atoms with Crippen LogP contribution in [-0.2, 0) is 5.41 Å². The summed E-state index contributed by atoms with van der Waals surface area (Å²) >= 11 is 0. The lowest BCUT2D eigenvalue weighted by atomic mass is 9.87. The first-order chi connectivity index (χ1) is 8.22. The number of nitrogens with one attached hydrogen (secondary N) is 1. The number of para-hydroxylation sites is 1. The molecule has 1 fully saturated rings. The molecule has 0 amide bonds. The summed E-state index contributed by atoms with van der Waals surface area (Å²) in [4.78, 5) is 0. The van der Waals surface area contributed by atoms with Gasteiger partial charge < -0.3 is 10.1 Å². The lowest BCUT2D eigenvalue weighted by Crippen LogP contribution is -2.29. The summed E-state index contributed by atoms with van der Waals surface area (Å²) in [6.45, 7) is 6.46. The Bertz CT molecular complexity index is 415. The van der Waals surface area contributed by atoms with Crippen LogP contribution >= 0.6 is 0 Å². The first-order valence-electron chi connectivity index (χ1n) is 6.68. The van der Waals surface area contributed by atoms with Crippen molar-refractivity contribution in [1.29, 1.82) is 0 Å². The van der Waals surface area contributed by atoms with Gasteiger partial charge in [0.1, 0.15) is 5.75 Å². The van der Waals surface area contributed by atoms with Crippen molar-refractivity contribution in [2.45, 2.75) is 38.1 Å². The van der Waals surface area contributed by atoms with Gasteiger partial charge in [0.25, 0.3) is 0 Å². The van der Waals surface area contributed by atoms with E-state index < -0.39 is 0 Å². The average Bonchev–Trinajstić information content (AvgIpc) is 3.01. The van der Waals surface area contributed by atoms with E-state index in [2.05, 4.69) is 43.4 Å². The third-order valence-electron chi connectivity index (χ3n) is 4.23. The van der Waals surface area contributed by atoms with E-state index >= 15 is 0 Å². The van der Waals surface area contributed by atoms with Crippen molar-refractivity contribution >= 4 is 0 Å². The maximum absolute atomic E-state index is 5.75. The van der Waals surface area contributed by atoms with E-state index in [1.165, 1.54) is 18.4 Å². The van der Waals surface area contributed by atoms with E-state index in [9.17, 15) is 0 Å². The minimum atomic E-state index is 0.427. The highest BCUT2D eigenvalue weighted by Crippen LogP contribution is 2.60. The van der Waals surface area contributed by atoms with Gasteiger partial charge in [-0.05, 0) is 31.4 Å². The molecule has 3 rings (SSSR count). The van der Waals surface area contributed by atoms with Crippen LogP contribution in [0.4, 0.5) is 0 Å². The highest BCUT2D eigenvalue weighted by Gasteiger charge is 2.56. The summed E-state index contributed by atoms with van der Waals surface area (Å²) in [5.74, 6) is 1.92. The van der Waals surface area contributed by atoms with Gasteiger partial charge in [0.15, 0.2) is 0 Å². The largest absolute Gasteiger partial charge is 0.493 e. The molecule has 1 aliphatic heterocycles. The molecule has 2 atom stereocenters. The number of hydrogen-bond donors (Lipinski definition) is 1. The summed E-state index contributed by atoms with van der Waals surface area (Å²) in [6.07, 6.45) is 2.52. The number of fused-ring (bicyclic) bond motifs is 2. The van der Waals surface area contributed by atoms with Crippen LogP contribution in [-0.4, -0.2) is 19.2 Å². The predicted molar refractivity (Wildman–Crippen MR) is 69.5 cm³/mol. The van der Waals surface area contributed by atoms with Crippen LogP contribution < -0.4 is 10.1 Å². The minimum absolute atomic E-state index is 0.427. The molecule has 1 N–H and O–H groups in total. The molecular weight excluding hydrogens is 210 g/mol. The third-order valence-corrected chi connectivity index (χ3v) is 4.23. The van der Waals surface area contributed by atoms with E-state index in [1.54, 1.807) is 0 Å². The first-order valence-corrected chi connectivity index (χ1v) is 6.68. The Morgan fingerprint density at radius 2 is 2.24 bits per heavy atom. The molecule has 1 aromatic rings. The van der Waals surface area contributed by atoms with Crippen molar-refractivity contribution in [3.8, 4) is 5.75 Å². The molecule has 1 heterocycles. The summed E-state index contributed by atoms with van der Waals surface area (Å²) in [5, 5.41) is 3.57. The van der Waals surface area contributed by atoms with E-state index in [0.29, 0.717) is 11.5 Å². The zero-order valence-electron chi connectivity index (χ0n) is 10.7. The van der Waals surface area contributed by atoms with Crippen LogP contribution in [0.2, 0.25) is 0 Å². The fraction of sp³-hybridized carbons (Fsp3) is 0.600. The van der Waals surface area contributed by atoms with Crippen molar-refractivity contribution in [1.82, 2.24) is 5.32 Å². The van der Waals surface area contributed by atoms with Gasteiger partial charge in [0, 0.05) is 17.0 Å². The summed E-state index contributed by atoms with van der Waals surface area (Å²) < 4.78 is 5.75. The molecule has 92 valence electrons. The van der Waals surface area contributed by atoms with Crippen LogP contribution in [0.5, 0.6) is 5.75 Å². The Kier molecular flexibility index (Phi) is 2.62. The zero-order valence-corrected chi connectivity index (χ0v) is 10.7. The molecule has 2 unspecified atom stereocenters. The lowest BCUT2D eigenvalue weighted by molar-refractivity contribution is 0.252. The van der Waals surface area contributed by atoms with Gasteiger partial charge in [-0.15, -0.1) is 0 Å². The van der Waals surface area contributed by atoms with Crippen LogP contribution in [0.25, 0.3) is 0 Å². The number of rotatable bonds is 3. The van der Waals surface area contributed by atoms with Crippen LogP contribution in [0.1, 0.15) is 32.3 Å². The van der Waals surface area contributed by atoms with Crippen molar-refractivity contribution in [2.75, 3.05) is 13.2 Å². The Morgan fingerprint density at radius 1 is 1.41 bits per heavy atom. The number of hydrogen-bond acceptors (Lipinski definition) is 2. The fourth-order valence-corrected chi connectivity index (χ4v) is 3.14.